The van der Waals surface area contributed by atoms with E-state index in [4.69, 9.17) is 4.99 Å². The predicted octanol–water partition coefficient (Wildman–Crippen LogP) is 14.7. The number of rotatable bonds is 7. The zero-order valence-corrected chi connectivity index (χ0v) is 35.5. The van der Waals surface area contributed by atoms with Crippen LogP contribution in [0, 0.1) is 11.8 Å². The number of aromatic nitrogens is 2. The number of benzene rings is 5. The zero-order valence-electron chi connectivity index (χ0n) is 35.5. The highest BCUT2D eigenvalue weighted by atomic mass is 15.1. The van der Waals surface area contributed by atoms with E-state index >= 15 is 0 Å². The molecule has 306 valence electrons. The average molecular weight is 807 g/mol. The third kappa shape index (κ3) is 6.59. The lowest BCUT2D eigenvalue weighted by Gasteiger charge is -2.37. The van der Waals surface area contributed by atoms with Crippen molar-refractivity contribution < 1.29 is 0 Å². The molecule has 12 rings (SSSR count). The molecule has 0 bridgehead atoms. The highest BCUT2D eigenvalue weighted by Crippen LogP contribution is 2.42. The quantitative estimate of drug-likeness (QED) is 0.171. The standard InChI is InChI=1S/C58H54N4/c1-4-15-41(16-5-1)52-38-53(42-17-6-2-7-18-42)60-58(59-52)43-29-27-39(28-30-43)44-33-36-56-51(37-44)49-22-11-12-25-54(49)61(56)46-34-31-40(32-35-46)47-23-14-24-50-48-21-10-13-26-55(48)62(57(47)50)45-19-8-3-9-20-45/h1,4-5,8,11-15,19-20,22-37,41-42,52,58-59H,2-3,6-7,9-10,16-18,21,38H2. The maximum Gasteiger partial charge on any atom is 0.125 e. The van der Waals surface area contributed by atoms with Crippen molar-refractivity contribution in [2.45, 2.75) is 82.8 Å². The van der Waals surface area contributed by atoms with Gasteiger partial charge < -0.3 is 9.13 Å². The van der Waals surface area contributed by atoms with Crippen LogP contribution in [0.2, 0.25) is 0 Å². The fourth-order valence-corrected chi connectivity index (χ4v) is 11.4. The Kier molecular flexibility index (Phi) is 9.63. The van der Waals surface area contributed by atoms with E-state index in [2.05, 4.69) is 178 Å². The van der Waals surface area contributed by atoms with E-state index < -0.39 is 0 Å². The summed E-state index contributed by atoms with van der Waals surface area (Å²) in [6.07, 6.45) is 34.1. The minimum atomic E-state index is -0.00166. The Bertz CT molecular complexity index is 3030. The SMILES string of the molecule is C1=CCC(C2CC(C3CCCCC3)=NC(c3ccc(-c4ccc5c(c4)c4ccccc4n5-c4ccc(-c5cccc6c7c(n(C8=CCCC=C8)c56)C=CCC7)cc4)cc3)N2)C=C1. The summed E-state index contributed by atoms with van der Waals surface area (Å²) in [5, 5.41) is 7.91. The molecule has 62 heavy (non-hydrogen) atoms. The van der Waals surface area contributed by atoms with Gasteiger partial charge in [0.25, 0.3) is 0 Å². The summed E-state index contributed by atoms with van der Waals surface area (Å²) < 4.78 is 4.96. The summed E-state index contributed by atoms with van der Waals surface area (Å²) in [6, 6.07) is 41.7. The number of hydrogen-bond donors (Lipinski definition) is 1. The normalized spacial score (nSPS) is 21.5. The minimum Gasteiger partial charge on any atom is -0.309 e. The van der Waals surface area contributed by atoms with Crippen LogP contribution in [0.15, 0.2) is 163 Å². The van der Waals surface area contributed by atoms with Gasteiger partial charge in [-0.15, -0.1) is 0 Å². The second-order valence-corrected chi connectivity index (χ2v) is 18.3. The number of hydrogen-bond acceptors (Lipinski definition) is 2. The first-order valence-electron chi connectivity index (χ1n) is 23.4. The molecule has 5 aliphatic rings. The Morgan fingerprint density at radius 2 is 1.44 bits per heavy atom. The average Bonchev–Trinajstić information content (AvgIpc) is 3.88. The molecule has 2 aromatic heterocycles. The minimum absolute atomic E-state index is 0.00166. The lowest BCUT2D eigenvalue weighted by Crippen LogP contribution is -2.44. The van der Waals surface area contributed by atoms with Crippen LogP contribution in [0.1, 0.15) is 87.2 Å². The number of para-hydroxylation sites is 2. The van der Waals surface area contributed by atoms with Gasteiger partial charge in [0, 0.05) is 57.0 Å². The van der Waals surface area contributed by atoms with Gasteiger partial charge in [0.05, 0.1) is 16.6 Å². The molecule has 0 spiro atoms. The molecule has 5 aromatic carbocycles. The monoisotopic (exact) mass is 806 g/mol. The summed E-state index contributed by atoms with van der Waals surface area (Å²) in [6.45, 7) is 0. The molecule has 0 saturated heterocycles. The van der Waals surface area contributed by atoms with E-state index in [0.29, 0.717) is 17.9 Å². The highest BCUT2D eigenvalue weighted by Gasteiger charge is 2.32. The van der Waals surface area contributed by atoms with Crippen LogP contribution in [-0.4, -0.2) is 20.9 Å². The summed E-state index contributed by atoms with van der Waals surface area (Å²) >= 11 is 0. The van der Waals surface area contributed by atoms with Crippen molar-refractivity contribution in [3.8, 4) is 27.9 Å². The van der Waals surface area contributed by atoms with E-state index in [9.17, 15) is 0 Å². The molecule has 1 saturated carbocycles. The van der Waals surface area contributed by atoms with Crippen molar-refractivity contribution in [1.82, 2.24) is 14.5 Å². The molecule has 4 nitrogen and oxygen atoms in total. The summed E-state index contributed by atoms with van der Waals surface area (Å²) in [5.74, 6) is 1.16. The Hall–Kier alpha value is -6.23. The smallest absolute Gasteiger partial charge is 0.125 e. The van der Waals surface area contributed by atoms with E-state index in [1.165, 1.54) is 121 Å². The first-order valence-corrected chi connectivity index (χ1v) is 23.4. The fraction of sp³-hybridized carbons (Fsp3) is 0.259. The number of nitrogens with zero attached hydrogens (tertiary/aromatic N) is 3. The van der Waals surface area contributed by atoms with Crippen LogP contribution in [0.5, 0.6) is 0 Å². The van der Waals surface area contributed by atoms with Crippen LogP contribution < -0.4 is 5.32 Å². The number of allylic oxidation sites excluding steroid dienone is 8. The molecule has 3 heterocycles. The van der Waals surface area contributed by atoms with E-state index in [1.54, 1.807) is 0 Å². The lowest BCUT2D eigenvalue weighted by molar-refractivity contribution is 0.340. The molecule has 4 heteroatoms. The Balaban J connectivity index is 0.875. The number of aliphatic imine (C=N–C) groups is 1. The molecule has 3 unspecified atom stereocenters. The maximum atomic E-state index is 5.46. The van der Waals surface area contributed by atoms with Crippen molar-refractivity contribution in [2.75, 3.05) is 0 Å². The molecule has 1 N–H and O–H groups in total. The maximum absolute atomic E-state index is 5.46. The van der Waals surface area contributed by atoms with Gasteiger partial charge in [0.1, 0.15) is 6.17 Å². The van der Waals surface area contributed by atoms with E-state index in [-0.39, 0.29) is 6.17 Å². The molecule has 1 fully saturated rings. The van der Waals surface area contributed by atoms with E-state index in [0.717, 1.165) is 38.5 Å². The van der Waals surface area contributed by atoms with Crippen molar-refractivity contribution in [3.63, 3.8) is 0 Å². The highest BCUT2D eigenvalue weighted by molar-refractivity contribution is 6.10. The second-order valence-electron chi connectivity index (χ2n) is 18.3. The first-order chi connectivity index (χ1) is 30.7. The topological polar surface area (TPSA) is 34.2 Å². The number of fused-ring (bicyclic) bond motifs is 6. The van der Waals surface area contributed by atoms with E-state index in [1.807, 2.05) is 0 Å². The Morgan fingerprint density at radius 3 is 2.27 bits per heavy atom. The van der Waals surface area contributed by atoms with Gasteiger partial charge in [-0.25, -0.2) is 0 Å². The summed E-state index contributed by atoms with van der Waals surface area (Å²) in [4.78, 5) is 5.46. The van der Waals surface area contributed by atoms with Crippen LogP contribution in [0.3, 0.4) is 0 Å². The summed E-state index contributed by atoms with van der Waals surface area (Å²) in [5.41, 5.74) is 16.7. The van der Waals surface area contributed by atoms with Gasteiger partial charge in [-0.1, -0.05) is 141 Å². The van der Waals surface area contributed by atoms with Crippen molar-refractivity contribution in [3.05, 3.63) is 175 Å². The zero-order chi connectivity index (χ0) is 41.0. The largest absolute Gasteiger partial charge is 0.309 e. The fourth-order valence-electron chi connectivity index (χ4n) is 11.4. The number of nitrogens with one attached hydrogen (secondary N) is 1. The third-order valence-corrected chi connectivity index (χ3v) is 14.6. The molecule has 3 atom stereocenters. The molecule has 1 aliphatic heterocycles. The lowest BCUT2D eigenvalue weighted by atomic mass is 9.79. The molecular formula is C58H54N4. The van der Waals surface area contributed by atoms with Gasteiger partial charge in [0.2, 0.25) is 0 Å². The van der Waals surface area contributed by atoms with Crippen LogP contribution in [0.4, 0.5) is 0 Å². The van der Waals surface area contributed by atoms with Gasteiger partial charge in [-0.05, 0) is 127 Å². The van der Waals surface area contributed by atoms with Crippen LogP contribution in [-0.2, 0) is 6.42 Å². The van der Waals surface area contributed by atoms with Gasteiger partial charge >= 0.3 is 0 Å². The third-order valence-electron chi connectivity index (χ3n) is 14.6. The van der Waals surface area contributed by atoms with Crippen LogP contribution in [0.25, 0.3) is 72.4 Å². The molecule has 0 amide bonds. The van der Waals surface area contributed by atoms with Gasteiger partial charge in [-0.2, -0.15) is 0 Å². The van der Waals surface area contributed by atoms with Crippen molar-refractivity contribution in [1.29, 1.82) is 0 Å². The first kappa shape index (κ1) is 37.5. The van der Waals surface area contributed by atoms with Gasteiger partial charge in [-0.3, -0.25) is 10.3 Å². The van der Waals surface area contributed by atoms with Crippen molar-refractivity contribution in [2.24, 2.45) is 16.8 Å². The summed E-state index contributed by atoms with van der Waals surface area (Å²) in [7, 11) is 0. The number of aryl methyl sites for hydroxylation is 1. The van der Waals surface area contributed by atoms with Crippen LogP contribution >= 0.6 is 0 Å². The van der Waals surface area contributed by atoms with Crippen molar-refractivity contribution >= 4 is 50.2 Å². The Labute approximate surface area is 365 Å². The van der Waals surface area contributed by atoms with Gasteiger partial charge in [0.15, 0.2) is 0 Å². The molecular weight excluding hydrogens is 753 g/mol. The second kappa shape index (κ2) is 15.9. The molecule has 7 aromatic rings. The molecule has 0 radical (unpaired) electrons. The molecule has 4 aliphatic carbocycles. The Morgan fingerprint density at radius 1 is 0.629 bits per heavy atom. The predicted molar refractivity (Wildman–Crippen MR) is 262 cm³/mol.